The van der Waals surface area contributed by atoms with Crippen LogP contribution in [0.15, 0.2) is 24.3 Å². The Morgan fingerprint density at radius 3 is 2.52 bits per heavy atom. The minimum absolute atomic E-state index is 0. The molecule has 0 radical (unpaired) electrons. The van der Waals surface area contributed by atoms with Gasteiger partial charge in [0.1, 0.15) is 0 Å². The van der Waals surface area contributed by atoms with Gasteiger partial charge in [0.15, 0.2) is 0 Å². The van der Waals surface area contributed by atoms with Gasteiger partial charge in [-0.2, -0.15) is 0 Å². The van der Waals surface area contributed by atoms with Gasteiger partial charge in [-0.1, -0.05) is 29.8 Å². The van der Waals surface area contributed by atoms with Crippen LogP contribution in [-0.2, 0) is 14.9 Å². The molecule has 23 heavy (non-hydrogen) atoms. The molecule has 2 aliphatic rings. The maximum Gasteiger partial charge on any atom is 0.233 e. The zero-order chi connectivity index (χ0) is 15.6. The van der Waals surface area contributed by atoms with E-state index >= 15 is 0 Å². The number of hydrogen-bond donors (Lipinski definition) is 1. The van der Waals surface area contributed by atoms with Crippen molar-refractivity contribution in [1.82, 2.24) is 4.90 Å². The number of likely N-dealkylation sites (tertiary alicyclic amines) is 1. The fourth-order valence-electron chi connectivity index (χ4n) is 3.72. The average Bonchev–Trinajstić information content (AvgIpc) is 2.55. The zero-order valence-electron chi connectivity index (χ0n) is 13.8. The molecule has 3 rings (SSSR count). The smallest absolute Gasteiger partial charge is 0.233 e. The highest BCUT2D eigenvalue weighted by Gasteiger charge is 2.44. The number of aryl methyl sites for hydroxylation is 1. The molecule has 0 spiro atoms. The standard InChI is InChI=1S/C18H26N2O2.ClH/c1-14-4-6-15(7-5-14)18(8-11-22-12-9-18)17(21)20-10-2-3-16(19)13-20;/h4-7,16H,2-3,8-13,19H2,1H3;1H. The van der Waals surface area contributed by atoms with Gasteiger partial charge >= 0.3 is 0 Å². The Hall–Kier alpha value is -1.10. The number of nitrogens with two attached hydrogens (primary N) is 1. The molecule has 2 N–H and O–H groups in total. The molecule has 0 bridgehead atoms. The van der Waals surface area contributed by atoms with Crippen molar-refractivity contribution in [1.29, 1.82) is 0 Å². The van der Waals surface area contributed by atoms with Crippen molar-refractivity contribution in [3.8, 4) is 0 Å². The fraction of sp³-hybridized carbons (Fsp3) is 0.611. The van der Waals surface area contributed by atoms with Crippen molar-refractivity contribution in [2.75, 3.05) is 26.3 Å². The van der Waals surface area contributed by atoms with E-state index in [0.717, 1.165) is 37.8 Å². The Bertz CT molecular complexity index is 526. The maximum absolute atomic E-state index is 13.3. The molecule has 0 aliphatic carbocycles. The monoisotopic (exact) mass is 338 g/mol. The normalized spacial score (nSPS) is 23.9. The number of carbonyl (C=O) groups is 1. The van der Waals surface area contributed by atoms with Crippen LogP contribution in [0, 0.1) is 6.92 Å². The third-order valence-corrected chi connectivity index (χ3v) is 5.10. The summed E-state index contributed by atoms with van der Waals surface area (Å²) in [6, 6.07) is 8.54. The minimum Gasteiger partial charge on any atom is -0.381 e. The molecule has 1 atom stereocenters. The van der Waals surface area contributed by atoms with Gasteiger partial charge in [-0.15, -0.1) is 12.4 Å². The van der Waals surface area contributed by atoms with Gasteiger partial charge in [0.05, 0.1) is 5.41 Å². The highest BCUT2D eigenvalue weighted by Crippen LogP contribution is 2.37. The first kappa shape index (κ1) is 18.2. The predicted octanol–water partition coefficient (Wildman–Crippen LogP) is 2.41. The Morgan fingerprint density at radius 2 is 1.91 bits per heavy atom. The lowest BCUT2D eigenvalue weighted by atomic mass is 9.72. The van der Waals surface area contributed by atoms with Crippen molar-refractivity contribution >= 4 is 18.3 Å². The number of halogens is 1. The van der Waals surface area contributed by atoms with E-state index in [1.807, 2.05) is 4.90 Å². The van der Waals surface area contributed by atoms with E-state index in [2.05, 4.69) is 31.2 Å². The van der Waals surface area contributed by atoms with E-state index < -0.39 is 5.41 Å². The summed E-state index contributed by atoms with van der Waals surface area (Å²) in [5.74, 6) is 0.245. The largest absolute Gasteiger partial charge is 0.381 e. The maximum atomic E-state index is 13.3. The van der Waals surface area contributed by atoms with E-state index in [9.17, 15) is 4.79 Å². The lowest BCUT2D eigenvalue weighted by Crippen LogP contribution is -2.54. The molecular weight excluding hydrogens is 312 g/mol. The lowest BCUT2D eigenvalue weighted by Gasteiger charge is -2.42. The number of nitrogens with zero attached hydrogens (tertiary/aromatic N) is 1. The zero-order valence-corrected chi connectivity index (χ0v) is 14.6. The number of ether oxygens (including phenoxy) is 1. The van der Waals surface area contributed by atoms with Crippen molar-refractivity contribution in [2.24, 2.45) is 5.73 Å². The lowest BCUT2D eigenvalue weighted by molar-refractivity contribution is -0.142. The van der Waals surface area contributed by atoms with Gasteiger partial charge in [-0.05, 0) is 38.2 Å². The number of piperidine rings is 1. The van der Waals surface area contributed by atoms with Crippen molar-refractivity contribution in [2.45, 2.75) is 44.1 Å². The second kappa shape index (κ2) is 7.65. The molecule has 1 aromatic carbocycles. The van der Waals surface area contributed by atoms with Gasteiger partial charge in [0.25, 0.3) is 0 Å². The average molecular weight is 339 g/mol. The van der Waals surface area contributed by atoms with Crippen LogP contribution >= 0.6 is 12.4 Å². The summed E-state index contributed by atoms with van der Waals surface area (Å²) < 4.78 is 5.53. The van der Waals surface area contributed by atoms with Gasteiger partial charge < -0.3 is 15.4 Å². The molecular formula is C18H27ClN2O2. The Balaban J connectivity index is 0.00000192. The third kappa shape index (κ3) is 3.70. The Labute approximate surface area is 144 Å². The van der Waals surface area contributed by atoms with Gasteiger partial charge in [-0.3, -0.25) is 4.79 Å². The summed E-state index contributed by atoms with van der Waals surface area (Å²) in [7, 11) is 0. The van der Waals surface area contributed by atoms with Gasteiger partial charge in [0.2, 0.25) is 5.91 Å². The number of carbonyl (C=O) groups excluding carboxylic acids is 1. The van der Waals surface area contributed by atoms with E-state index in [4.69, 9.17) is 10.5 Å². The minimum atomic E-state index is -0.428. The molecule has 1 amide bonds. The first-order valence-electron chi connectivity index (χ1n) is 8.32. The number of hydrogen-bond acceptors (Lipinski definition) is 3. The Kier molecular flexibility index (Phi) is 6.06. The van der Waals surface area contributed by atoms with Crippen LogP contribution in [0.3, 0.4) is 0 Å². The molecule has 0 saturated carbocycles. The third-order valence-electron chi connectivity index (χ3n) is 5.10. The van der Waals surface area contributed by atoms with Gasteiger partial charge in [0, 0.05) is 32.3 Å². The Morgan fingerprint density at radius 1 is 1.26 bits per heavy atom. The molecule has 128 valence electrons. The SMILES string of the molecule is Cc1ccc(C2(C(=O)N3CCCC(N)C3)CCOCC2)cc1.Cl. The molecule has 2 aliphatic heterocycles. The summed E-state index contributed by atoms with van der Waals surface area (Å²) >= 11 is 0. The quantitative estimate of drug-likeness (QED) is 0.901. The predicted molar refractivity (Wildman–Crippen MR) is 93.9 cm³/mol. The van der Waals surface area contributed by atoms with E-state index in [1.54, 1.807) is 0 Å². The van der Waals surface area contributed by atoms with E-state index in [0.29, 0.717) is 19.8 Å². The highest BCUT2D eigenvalue weighted by molar-refractivity contribution is 5.88. The van der Waals surface area contributed by atoms with Crippen molar-refractivity contribution in [3.05, 3.63) is 35.4 Å². The van der Waals surface area contributed by atoms with Crippen LogP contribution < -0.4 is 5.73 Å². The summed E-state index contributed by atoms with van der Waals surface area (Å²) in [4.78, 5) is 15.3. The van der Waals surface area contributed by atoms with E-state index in [1.165, 1.54) is 5.56 Å². The first-order chi connectivity index (χ1) is 10.6. The van der Waals surface area contributed by atoms with Crippen molar-refractivity contribution in [3.63, 3.8) is 0 Å². The molecule has 1 aromatic rings. The van der Waals surface area contributed by atoms with E-state index in [-0.39, 0.29) is 24.4 Å². The second-order valence-electron chi connectivity index (χ2n) is 6.71. The first-order valence-corrected chi connectivity index (χ1v) is 8.32. The van der Waals surface area contributed by atoms with Crippen LogP contribution in [-0.4, -0.2) is 43.2 Å². The van der Waals surface area contributed by atoms with Crippen molar-refractivity contribution < 1.29 is 9.53 Å². The van der Waals surface area contributed by atoms with Crippen LogP contribution in [0.1, 0.15) is 36.8 Å². The summed E-state index contributed by atoms with van der Waals surface area (Å²) in [5.41, 5.74) is 8.00. The summed E-state index contributed by atoms with van der Waals surface area (Å²) in [6.07, 6.45) is 3.55. The topological polar surface area (TPSA) is 55.6 Å². The molecule has 5 heteroatoms. The van der Waals surface area contributed by atoms with Crippen LogP contribution in [0.2, 0.25) is 0 Å². The molecule has 2 fully saturated rings. The number of rotatable bonds is 2. The van der Waals surface area contributed by atoms with Crippen LogP contribution in [0.25, 0.3) is 0 Å². The van der Waals surface area contributed by atoms with Crippen LogP contribution in [0.5, 0.6) is 0 Å². The van der Waals surface area contributed by atoms with Gasteiger partial charge in [-0.25, -0.2) is 0 Å². The van der Waals surface area contributed by atoms with Crippen LogP contribution in [0.4, 0.5) is 0 Å². The highest BCUT2D eigenvalue weighted by atomic mass is 35.5. The molecule has 2 saturated heterocycles. The fourth-order valence-corrected chi connectivity index (χ4v) is 3.72. The number of amides is 1. The summed E-state index contributed by atoms with van der Waals surface area (Å²) in [6.45, 7) is 4.90. The molecule has 0 aromatic heterocycles. The second-order valence-corrected chi connectivity index (χ2v) is 6.71. The molecule has 2 heterocycles. The summed E-state index contributed by atoms with van der Waals surface area (Å²) in [5, 5.41) is 0. The number of benzene rings is 1. The molecule has 4 nitrogen and oxygen atoms in total. The molecule has 1 unspecified atom stereocenters.